The highest BCUT2D eigenvalue weighted by Gasteiger charge is 2.20. The zero-order valence-corrected chi connectivity index (χ0v) is 16.6. The van der Waals surface area contributed by atoms with Gasteiger partial charge in [0.1, 0.15) is 5.75 Å². The minimum absolute atomic E-state index is 0. The fourth-order valence-electron chi connectivity index (χ4n) is 2.90. The zero-order valence-electron chi connectivity index (χ0n) is 14.3. The quantitative estimate of drug-likeness (QED) is 0.426. The summed E-state index contributed by atoms with van der Waals surface area (Å²) in [6.45, 7) is 7.58. The van der Waals surface area contributed by atoms with Crippen molar-refractivity contribution in [1.82, 2.24) is 4.90 Å². The molecule has 1 heterocycles. The van der Waals surface area contributed by atoms with Gasteiger partial charge in [-0.1, -0.05) is 19.1 Å². The molecule has 1 aliphatic heterocycles. The lowest BCUT2D eigenvalue weighted by Crippen LogP contribution is -2.42. The third-order valence-corrected chi connectivity index (χ3v) is 4.21. The van der Waals surface area contributed by atoms with Gasteiger partial charge in [0.05, 0.1) is 19.3 Å². The number of halogens is 1. The molecule has 5 nitrogen and oxygen atoms in total. The molecule has 0 radical (unpaired) electrons. The van der Waals surface area contributed by atoms with Crippen molar-refractivity contribution in [3.8, 4) is 5.75 Å². The van der Waals surface area contributed by atoms with Gasteiger partial charge >= 0.3 is 0 Å². The lowest BCUT2D eigenvalue weighted by atomic mass is 9.99. The van der Waals surface area contributed by atoms with Crippen LogP contribution >= 0.6 is 24.0 Å². The largest absolute Gasteiger partial charge is 0.495 e. The third kappa shape index (κ3) is 6.18. The van der Waals surface area contributed by atoms with Crippen LogP contribution in [-0.2, 0) is 0 Å². The molecular formula is C17H29IN4O. The molecule has 1 aromatic rings. The Morgan fingerprint density at radius 1 is 1.48 bits per heavy atom. The first-order valence-electron chi connectivity index (χ1n) is 8.04. The van der Waals surface area contributed by atoms with Crippen molar-refractivity contribution in [3.05, 3.63) is 24.3 Å². The number of ether oxygens (including phenoxy) is 1. The molecule has 2 atom stereocenters. The zero-order chi connectivity index (χ0) is 15.9. The van der Waals surface area contributed by atoms with Gasteiger partial charge in [-0.05, 0) is 44.4 Å². The summed E-state index contributed by atoms with van der Waals surface area (Å²) in [5.74, 6) is 1.98. The van der Waals surface area contributed by atoms with Crippen LogP contribution in [-0.4, -0.2) is 43.6 Å². The molecule has 6 heteroatoms. The smallest absolute Gasteiger partial charge is 0.193 e. The number of methoxy groups -OCH3 is 1. The van der Waals surface area contributed by atoms with Crippen molar-refractivity contribution in [3.63, 3.8) is 0 Å². The van der Waals surface area contributed by atoms with E-state index in [2.05, 4.69) is 29.1 Å². The van der Waals surface area contributed by atoms with Gasteiger partial charge in [-0.3, -0.25) is 9.89 Å². The predicted octanol–water partition coefficient (Wildman–Crippen LogP) is 3.16. The Morgan fingerprint density at radius 2 is 2.22 bits per heavy atom. The molecule has 0 saturated carbocycles. The van der Waals surface area contributed by atoms with E-state index < -0.39 is 0 Å². The molecule has 1 aromatic carbocycles. The number of piperidine rings is 1. The van der Waals surface area contributed by atoms with Crippen LogP contribution in [0.5, 0.6) is 5.75 Å². The molecule has 1 aliphatic rings. The van der Waals surface area contributed by atoms with E-state index in [-0.39, 0.29) is 24.0 Å². The first kappa shape index (κ1) is 20.0. The van der Waals surface area contributed by atoms with E-state index >= 15 is 0 Å². The van der Waals surface area contributed by atoms with Crippen LogP contribution in [0.1, 0.15) is 26.7 Å². The Bertz CT molecular complexity index is 509. The van der Waals surface area contributed by atoms with Gasteiger partial charge in [0.15, 0.2) is 5.96 Å². The number of benzene rings is 1. The van der Waals surface area contributed by atoms with E-state index in [9.17, 15) is 0 Å². The minimum Gasteiger partial charge on any atom is -0.495 e. The van der Waals surface area contributed by atoms with E-state index in [0.29, 0.717) is 18.5 Å². The Balaban J connectivity index is 0.00000264. The molecule has 1 saturated heterocycles. The van der Waals surface area contributed by atoms with Gasteiger partial charge in [-0.2, -0.15) is 0 Å². The molecule has 0 amide bonds. The predicted molar refractivity (Wildman–Crippen MR) is 108 cm³/mol. The number of nitrogens with zero attached hydrogens (tertiary/aromatic N) is 2. The van der Waals surface area contributed by atoms with Crippen molar-refractivity contribution >= 4 is 35.6 Å². The molecule has 3 N–H and O–H groups in total. The number of likely N-dealkylation sites (tertiary alicyclic amines) is 1. The molecule has 2 unspecified atom stereocenters. The monoisotopic (exact) mass is 432 g/mol. The number of hydrogen-bond acceptors (Lipinski definition) is 3. The van der Waals surface area contributed by atoms with Crippen molar-refractivity contribution in [2.75, 3.05) is 32.1 Å². The summed E-state index contributed by atoms with van der Waals surface area (Å²) in [7, 11) is 1.65. The van der Waals surface area contributed by atoms with Gasteiger partial charge in [-0.25, -0.2) is 0 Å². The number of para-hydroxylation sites is 2. The summed E-state index contributed by atoms with van der Waals surface area (Å²) < 4.78 is 5.30. The second kappa shape index (κ2) is 9.97. The number of guanidine groups is 1. The maximum atomic E-state index is 6.00. The van der Waals surface area contributed by atoms with Gasteiger partial charge < -0.3 is 15.8 Å². The Labute approximate surface area is 156 Å². The summed E-state index contributed by atoms with van der Waals surface area (Å²) in [6.07, 6.45) is 2.62. The Kier molecular flexibility index (Phi) is 8.68. The first-order chi connectivity index (χ1) is 10.6. The standard InChI is InChI=1S/C17H28N4O.HI/c1-13-7-6-10-21(12-13)14(2)11-19-17(18)20-15-8-4-5-9-16(15)22-3;/h4-5,8-9,13-14H,6-7,10-12H2,1-3H3,(H3,18,19,20);1H. The number of hydrogen-bond donors (Lipinski definition) is 2. The van der Waals surface area contributed by atoms with Crippen LogP contribution in [0.25, 0.3) is 0 Å². The average Bonchev–Trinajstić information content (AvgIpc) is 2.53. The van der Waals surface area contributed by atoms with E-state index in [1.807, 2.05) is 24.3 Å². The SMILES string of the molecule is COc1ccccc1NC(N)=NCC(C)N1CCCC(C)C1.I. The molecule has 23 heavy (non-hydrogen) atoms. The van der Waals surface area contributed by atoms with Crippen molar-refractivity contribution in [2.24, 2.45) is 16.6 Å². The molecule has 130 valence electrons. The average molecular weight is 432 g/mol. The van der Waals surface area contributed by atoms with Gasteiger partial charge in [0.2, 0.25) is 0 Å². The van der Waals surface area contributed by atoms with E-state index in [1.165, 1.54) is 19.4 Å². The van der Waals surface area contributed by atoms with Crippen LogP contribution in [0, 0.1) is 5.92 Å². The molecule has 1 fully saturated rings. The fourth-order valence-corrected chi connectivity index (χ4v) is 2.90. The first-order valence-corrected chi connectivity index (χ1v) is 8.04. The molecular weight excluding hydrogens is 403 g/mol. The minimum atomic E-state index is 0. The van der Waals surface area contributed by atoms with Gasteiger partial charge in [0.25, 0.3) is 0 Å². The van der Waals surface area contributed by atoms with Crippen molar-refractivity contribution in [1.29, 1.82) is 0 Å². The van der Waals surface area contributed by atoms with Crippen molar-refractivity contribution < 1.29 is 4.74 Å². The highest BCUT2D eigenvalue weighted by atomic mass is 127. The van der Waals surface area contributed by atoms with Gasteiger partial charge in [-0.15, -0.1) is 24.0 Å². The number of nitrogens with two attached hydrogens (primary N) is 1. The fraction of sp³-hybridized carbons (Fsp3) is 0.588. The summed E-state index contributed by atoms with van der Waals surface area (Å²) >= 11 is 0. The maximum absolute atomic E-state index is 6.00. The number of anilines is 1. The Morgan fingerprint density at radius 3 is 2.91 bits per heavy atom. The van der Waals surface area contributed by atoms with Crippen LogP contribution < -0.4 is 15.8 Å². The van der Waals surface area contributed by atoms with E-state index in [0.717, 1.165) is 23.9 Å². The highest BCUT2D eigenvalue weighted by molar-refractivity contribution is 14.0. The summed E-state index contributed by atoms with van der Waals surface area (Å²) in [5, 5.41) is 3.11. The van der Waals surface area contributed by atoms with E-state index in [4.69, 9.17) is 10.5 Å². The second-order valence-electron chi connectivity index (χ2n) is 6.14. The van der Waals surface area contributed by atoms with Gasteiger partial charge in [0, 0.05) is 12.6 Å². The number of rotatable bonds is 5. The van der Waals surface area contributed by atoms with Crippen LogP contribution in [0.15, 0.2) is 29.3 Å². The lowest BCUT2D eigenvalue weighted by Gasteiger charge is -2.34. The van der Waals surface area contributed by atoms with Crippen molar-refractivity contribution in [2.45, 2.75) is 32.7 Å². The van der Waals surface area contributed by atoms with Crippen LogP contribution in [0.4, 0.5) is 5.69 Å². The maximum Gasteiger partial charge on any atom is 0.193 e. The highest BCUT2D eigenvalue weighted by Crippen LogP contribution is 2.22. The normalized spacial score (nSPS) is 20.5. The topological polar surface area (TPSA) is 62.9 Å². The van der Waals surface area contributed by atoms with Crippen LogP contribution in [0.2, 0.25) is 0 Å². The number of aliphatic imine (C=N–C) groups is 1. The summed E-state index contributed by atoms with van der Waals surface area (Å²) in [4.78, 5) is 6.99. The molecule has 0 bridgehead atoms. The molecule has 0 spiro atoms. The summed E-state index contributed by atoms with van der Waals surface area (Å²) in [5.41, 5.74) is 6.84. The second-order valence-corrected chi connectivity index (χ2v) is 6.14. The van der Waals surface area contributed by atoms with Crippen LogP contribution in [0.3, 0.4) is 0 Å². The molecule has 0 aromatic heterocycles. The lowest BCUT2D eigenvalue weighted by molar-refractivity contribution is 0.142. The number of nitrogens with one attached hydrogen (secondary N) is 1. The van der Waals surface area contributed by atoms with E-state index in [1.54, 1.807) is 7.11 Å². The summed E-state index contributed by atoms with van der Waals surface area (Å²) in [6, 6.07) is 8.11. The third-order valence-electron chi connectivity index (χ3n) is 4.21. The Hall–Kier alpha value is -1.02. The molecule has 2 rings (SSSR count). The molecule has 0 aliphatic carbocycles.